The molecule has 1 N–H and O–H groups in total. The second-order valence-corrected chi connectivity index (χ2v) is 9.92. The number of nitrogens with zero attached hydrogens (tertiary/aromatic N) is 5. The lowest BCUT2D eigenvalue weighted by Crippen LogP contribution is -2.48. The lowest BCUT2D eigenvalue weighted by atomic mass is 9.83. The van der Waals surface area contributed by atoms with Crippen molar-refractivity contribution in [1.29, 1.82) is 0 Å². The van der Waals surface area contributed by atoms with E-state index in [1.54, 1.807) is 20.8 Å². The van der Waals surface area contributed by atoms with Gasteiger partial charge in [-0.2, -0.15) is 26.3 Å². The Morgan fingerprint density at radius 3 is 2.34 bits per heavy atom. The minimum atomic E-state index is -4.97. The highest BCUT2D eigenvalue weighted by atomic mass is 19.4. The molecule has 9 nitrogen and oxygen atoms in total. The number of carbonyl (C=O) groups is 2. The molecule has 2 saturated heterocycles. The maximum absolute atomic E-state index is 13.4. The van der Waals surface area contributed by atoms with Gasteiger partial charge in [0.15, 0.2) is 0 Å². The number of nitrogens with one attached hydrogen (secondary N) is 1. The maximum Gasteiger partial charge on any atom is 0.451 e. The first-order chi connectivity index (χ1) is 17.4. The monoisotopic (exact) mass is 548 g/mol. The summed E-state index contributed by atoms with van der Waals surface area (Å²) in [4.78, 5) is 39.7. The lowest BCUT2D eigenvalue weighted by Gasteiger charge is -2.29. The molecule has 3 fully saturated rings. The van der Waals surface area contributed by atoms with Gasteiger partial charge in [0.1, 0.15) is 11.6 Å². The smallest absolute Gasteiger partial charge is 0.444 e. The molecule has 3 aliphatic rings. The van der Waals surface area contributed by atoms with Crippen LogP contribution in [0.3, 0.4) is 0 Å². The highest BCUT2D eigenvalue weighted by Gasteiger charge is 2.56. The Bertz CT molecular complexity index is 1170. The van der Waals surface area contributed by atoms with Crippen LogP contribution in [-0.2, 0) is 22.3 Å². The second kappa shape index (κ2) is 10.3. The van der Waals surface area contributed by atoms with Gasteiger partial charge in [-0.1, -0.05) is 0 Å². The van der Waals surface area contributed by atoms with Crippen LogP contribution in [0.25, 0.3) is 5.57 Å². The molecule has 1 saturated carbocycles. The number of amides is 2. The van der Waals surface area contributed by atoms with Crippen LogP contribution in [0.1, 0.15) is 57.7 Å². The molecule has 1 atom stereocenters. The number of hydrogen-bond acceptors (Lipinski definition) is 6. The van der Waals surface area contributed by atoms with Crippen LogP contribution in [0.5, 0.6) is 0 Å². The number of halogens is 6. The van der Waals surface area contributed by atoms with Gasteiger partial charge in [0.2, 0.25) is 17.6 Å². The summed E-state index contributed by atoms with van der Waals surface area (Å²) in [5.41, 5.74) is -1.54. The normalized spacial score (nSPS) is 22.2. The average Bonchev–Trinajstić information content (AvgIpc) is 3.31. The predicted molar refractivity (Wildman–Crippen MR) is 124 cm³/mol. The third-order valence-electron chi connectivity index (χ3n) is 5.83. The quantitative estimate of drug-likeness (QED) is 0.330. The standard InChI is InChI=1S/C23H26F6N6O3/c1-11(9-32-18(30-5)22(24,25)26)15-8-13(33-19(34-15)23(27,28)29)10-31-17(36)16-12-6-14(7-12)35(16)20(37)38-21(2,3)4/h8-9,12,14,16H,5-7,10H2,1-4H3,(H,31,36)/b11-9+,32-18-. The van der Waals surface area contributed by atoms with Crippen LogP contribution >= 0.6 is 0 Å². The van der Waals surface area contributed by atoms with E-state index in [2.05, 4.69) is 32.0 Å². The zero-order chi connectivity index (χ0) is 28.6. The van der Waals surface area contributed by atoms with E-state index in [4.69, 9.17) is 4.74 Å². The highest BCUT2D eigenvalue weighted by molar-refractivity contribution is 5.92. The molecule has 38 heavy (non-hydrogen) atoms. The molecule has 2 aliphatic heterocycles. The van der Waals surface area contributed by atoms with Crippen molar-refractivity contribution in [3.05, 3.63) is 29.5 Å². The summed E-state index contributed by atoms with van der Waals surface area (Å²) in [5, 5.41) is 2.50. The topological polar surface area (TPSA) is 109 Å². The minimum Gasteiger partial charge on any atom is -0.444 e. The minimum absolute atomic E-state index is 0.108. The Morgan fingerprint density at radius 2 is 1.82 bits per heavy atom. The fourth-order valence-corrected chi connectivity index (χ4v) is 4.11. The predicted octanol–water partition coefficient (Wildman–Crippen LogP) is 4.53. The van der Waals surface area contributed by atoms with Crippen molar-refractivity contribution in [2.24, 2.45) is 15.9 Å². The summed E-state index contributed by atoms with van der Waals surface area (Å²) in [6.07, 6.45) is -8.66. The second-order valence-electron chi connectivity index (χ2n) is 9.92. The van der Waals surface area contributed by atoms with Gasteiger partial charge in [-0.25, -0.2) is 24.7 Å². The molecule has 1 aromatic heterocycles. The Labute approximate surface area is 214 Å². The number of hydrogen-bond donors (Lipinski definition) is 1. The number of ether oxygens (including phenoxy) is 1. The number of aromatic nitrogens is 2. The van der Waals surface area contributed by atoms with Crippen molar-refractivity contribution in [1.82, 2.24) is 20.2 Å². The van der Waals surface area contributed by atoms with Gasteiger partial charge in [0.25, 0.3) is 0 Å². The van der Waals surface area contributed by atoms with Crippen molar-refractivity contribution >= 4 is 30.1 Å². The molecule has 0 radical (unpaired) electrons. The van der Waals surface area contributed by atoms with Gasteiger partial charge in [-0.05, 0) is 64.8 Å². The molecule has 1 aliphatic carbocycles. The molecular formula is C23H26F6N6O3. The third-order valence-corrected chi connectivity index (χ3v) is 5.83. The number of carbonyl (C=O) groups excluding carboxylic acids is 2. The van der Waals surface area contributed by atoms with Crippen LogP contribution in [0.15, 0.2) is 22.3 Å². The molecule has 4 rings (SSSR count). The summed E-state index contributed by atoms with van der Waals surface area (Å²) < 4.78 is 84.1. The Balaban J connectivity index is 1.82. The van der Waals surface area contributed by atoms with Gasteiger partial charge in [-0.15, -0.1) is 0 Å². The van der Waals surface area contributed by atoms with Crippen LogP contribution < -0.4 is 5.32 Å². The highest BCUT2D eigenvalue weighted by Crippen LogP contribution is 2.46. The molecule has 2 bridgehead atoms. The van der Waals surface area contributed by atoms with Gasteiger partial charge in [-0.3, -0.25) is 9.69 Å². The first kappa shape index (κ1) is 29.0. The molecular weight excluding hydrogens is 522 g/mol. The first-order valence-electron chi connectivity index (χ1n) is 11.4. The van der Waals surface area contributed by atoms with Gasteiger partial charge in [0, 0.05) is 12.2 Å². The molecule has 1 aromatic rings. The number of rotatable bonds is 5. The van der Waals surface area contributed by atoms with Crippen LogP contribution in [0, 0.1) is 5.92 Å². The van der Waals surface area contributed by atoms with E-state index in [0.29, 0.717) is 19.0 Å². The first-order valence-corrected chi connectivity index (χ1v) is 11.4. The molecule has 208 valence electrons. The van der Waals surface area contributed by atoms with Crippen molar-refractivity contribution in [2.75, 3.05) is 0 Å². The number of amidine groups is 1. The van der Waals surface area contributed by atoms with E-state index in [1.807, 2.05) is 0 Å². The average molecular weight is 548 g/mol. The van der Waals surface area contributed by atoms with Crippen molar-refractivity contribution < 1.29 is 40.7 Å². The third kappa shape index (κ3) is 6.67. The number of allylic oxidation sites excluding steroid dienone is 1. The molecule has 3 heterocycles. The van der Waals surface area contributed by atoms with E-state index in [9.17, 15) is 35.9 Å². The largest absolute Gasteiger partial charge is 0.451 e. The van der Waals surface area contributed by atoms with E-state index >= 15 is 0 Å². The van der Waals surface area contributed by atoms with Gasteiger partial charge in [0.05, 0.1) is 17.9 Å². The number of alkyl halides is 6. The molecule has 2 amide bonds. The summed E-state index contributed by atoms with van der Waals surface area (Å²) in [6.45, 7) is 8.59. The van der Waals surface area contributed by atoms with Crippen LogP contribution in [0.4, 0.5) is 31.1 Å². The van der Waals surface area contributed by atoms with Gasteiger partial charge < -0.3 is 10.1 Å². The van der Waals surface area contributed by atoms with Crippen molar-refractivity contribution in [3.63, 3.8) is 0 Å². The van der Waals surface area contributed by atoms with E-state index < -0.39 is 54.2 Å². The SMILES string of the molecule is C=N/C(=N\C=C(/C)c1cc(CNC(=O)C2C3CC(C3)N2C(=O)OC(C)(C)C)nc(C(F)(F)F)n1)C(F)(F)F. The molecule has 1 unspecified atom stereocenters. The number of aliphatic imine (C=N–C) groups is 2. The van der Waals surface area contributed by atoms with E-state index in [0.717, 1.165) is 6.07 Å². The Hall–Kier alpha value is -3.52. The number of fused-ring (bicyclic) bond motifs is 1. The Morgan fingerprint density at radius 1 is 1.18 bits per heavy atom. The van der Waals surface area contributed by atoms with Crippen LogP contribution in [-0.4, -0.2) is 63.3 Å². The maximum atomic E-state index is 13.4. The molecule has 15 heteroatoms. The lowest BCUT2D eigenvalue weighted by molar-refractivity contribution is -0.145. The fourth-order valence-electron chi connectivity index (χ4n) is 4.11. The zero-order valence-electron chi connectivity index (χ0n) is 20.9. The zero-order valence-corrected chi connectivity index (χ0v) is 20.9. The summed E-state index contributed by atoms with van der Waals surface area (Å²) in [7, 11) is 0. The van der Waals surface area contributed by atoms with Crippen molar-refractivity contribution in [3.8, 4) is 0 Å². The van der Waals surface area contributed by atoms with Crippen LogP contribution in [0.2, 0.25) is 0 Å². The summed E-state index contributed by atoms with van der Waals surface area (Å²) in [5.74, 6) is -3.83. The van der Waals surface area contributed by atoms with E-state index in [-0.39, 0.29) is 28.9 Å². The van der Waals surface area contributed by atoms with Crippen molar-refractivity contribution in [2.45, 2.75) is 77.1 Å². The van der Waals surface area contributed by atoms with E-state index in [1.165, 1.54) is 11.8 Å². The fraction of sp³-hybridized carbons (Fsp3) is 0.565. The molecule has 0 aromatic carbocycles. The molecule has 0 spiro atoms. The Kier molecular flexibility index (Phi) is 7.89. The van der Waals surface area contributed by atoms with Gasteiger partial charge >= 0.3 is 18.4 Å². The summed E-state index contributed by atoms with van der Waals surface area (Å²) in [6, 6.07) is 0.0839. The summed E-state index contributed by atoms with van der Waals surface area (Å²) >= 11 is 0.